The lowest BCUT2D eigenvalue weighted by molar-refractivity contribution is 0.602. The third-order valence-corrected chi connectivity index (χ3v) is 4.87. The summed E-state index contributed by atoms with van der Waals surface area (Å²) >= 11 is 1.77. The SMILES string of the molecule is CS(=O)(=O)c1ccc(CNCCc2cccs2)cc1. The van der Waals surface area contributed by atoms with Gasteiger partial charge in [-0.2, -0.15) is 0 Å². The van der Waals surface area contributed by atoms with Crippen LogP contribution in [0.25, 0.3) is 0 Å². The Morgan fingerprint density at radius 1 is 1.16 bits per heavy atom. The van der Waals surface area contributed by atoms with Crippen LogP contribution in [0.5, 0.6) is 0 Å². The van der Waals surface area contributed by atoms with E-state index < -0.39 is 9.84 Å². The number of hydrogen-bond donors (Lipinski definition) is 1. The van der Waals surface area contributed by atoms with Crippen LogP contribution in [0.15, 0.2) is 46.7 Å². The van der Waals surface area contributed by atoms with Gasteiger partial charge in [-0.1, -0.05) is 18.2 Å². The summed E-state index contributed by atoms with van der Waals surface area (Å²) in [6.07, 6.45) is 2.25. The van der Waals surface area contributed by atoms with Crippen LogP contribution in [0, 0.1) is 0 Å². The summed E-state index contributed by atoms with van der Waals surface area (Å²) in [6.45, 7) is 1.68. The summed E-state index contributed by atoms with van der Waals surface area (Å²) in [7, 11) is -3.09. The summed E-state index contributed by atoms with van der Waals surface area (Å²) in [5.74, 6) is 0. The number of rotatable bonds is 6. The fourth-order valence-electron chi connectivity index (χ4n) is 1.75. The van der Waals surface area contributed by atoms with Crippen molar-refractivity contribution in [3.63, 3.8) is 0 Å². The molecule has 2 aromatic rings. The Kier molecular flexibility index (Phi) is 4.74. The standard InChI is InChI=1S/C14H17NO2S2/c1-19(16,17)14-6-4-12(5-7-14)11-15-9-8-13-3-2-10-18-13/h2-7,10,15H,8-9,11H2,1H3. The quantitative estimate of drug-likeness (QED) is 0.833. The van der Waals surface area contributed by atoms with Crippen molar-refractivity contribution in [3.05, 3.63) is 52.2 Å². The fraction of sp³-hybridized carbons (Fsp3) is 0.286. The molecule has 1 N–H and O–H groups in total. The first-order valence-corrected chi connectivity index (χ1v) is 8.85. The third kappa shape index (κ3) is 4.45. The zero-order valence-electron chi connectivity index (χ0n) is 10.8. The molecule has 0 aliphatic carbocycles. The van der Waals surface area contributed by atoms with Crippen LogP contribution in [0.4, 0.5) is 0 Å². The van der Waals surface area contributed by atoms with Gasteiger partial charge in [-0.3, -0.25) is 0 Å². The van der Waals surface area contributed by atoms with Crippen molar-refractivity contribution < 1.29 is 8.42 Å². The zero-order chi connectivity index (χ0) is 13.7. The monoisotopic (exact) mass is 295 g/mol. The van der Waals surface area contributed by atoms with Crippen molar-refractivity contribution >= 4 is 21.2 Å². The van der Waals surface area contributed by atoms with E-state index in [-0.39, 0.29) is 0 Å². The predicted octanol–water partition coefficient (Wildman–Crippen LogP) is 2.48. The molecule has 0 fully saturated rings. The lowest BCUT2D eigenvalue weighted by Gasteiger charge is -2.05. The second kappa shape index (κ2) is 6.32. The second-order valence-electron chi connectivity index (χ2n) is 4.42. The Balaban J connectivity index is 1.80. The molecule has 2 rings (SSSR count). The lowest BCUT2D eigenvalue weighted by atomic mass is 10.2. The number of benzene rings is 1. The summed E-state index contributed by atoms with van der Waals surface area (Å²) in [5.41, 5.74) is 1.10. The normalized spacial score (nSPS) is 11.6. The van der Waals surface area contributed by atoms with E-state index >= 15 is 0 Å². The zero-order valence-corrected chi connectivity index (χ0v) is 12.4. The Morgan fingerprint density at radius 2 is 1.89 bits per heavy atom. The summed E-state index contributed by atoms with van der Waals surface area (Å²) in [4.78, 5) is 1.75. The van der Waals surface area contributed by atoms with Gasteiger partial charge < -0.3 is 5.32 Å². The van der Waals surface area contributed by atoms with Crippen LogP contribution in [0.1, 0.15) is 10.4 Å². The smallest absolute Gasteiger partial charge is 0.175 e. The Labute approximate surface area is 118 Å². The van der Waals surface area contributed by atoms with E-state index in [2.05, 4.69) is 22.8 Å². The van der Waals surface area contributed by atoms with E-state index in [0.29, 0.717) is 4.90 Å². The fourth-order valence-corrected chi connectivity index (χ4v) is 3.09. The molecule has 0 unspecified atom stereocenters. The molecule has 0 atom stereocenters. The molecular weight excluding hydrogens is 278 g/mol. The molecule has 0 radical (unpaired) electrons. The number of sulfone groups is 1. The van der Waals surface area contributed by atoms with E-state index in [0.717, 1.165) is 25.1 Å². The van der Waals surface area contributed by atoms with E-state index in [9.17, 15) is 8.42 Å². The highest BCUT2D eigenvalue weighted by atomic mass is 32.2. The van der Waals surface area contributed by atoms with Crippen LogP contribution < -0.4 is 5.32 Å². The van der Waals surface area contributed by atoms with Crippen molar-refractivity contribution in [2.24, 2.45) is 0 Å². The van der Waals surface area contributed by atoms with Crippen LogP contribution in [-0.4, -0.2) is 21.2 Å². The second-order valence-corrected chi connectivity index (χ2v) is 7.47. The summed E-state index contributed by atoms with van der Waals surface area (Å²) in [5, 5.41) is 5.44. The van der Waals surface area contributed by atoms with Crippen molar-refractivity contribution in [1.29, 1.82) is 0 Å². The van der Waals surface area contributed by atoms with Crippen LogP contribution in [0.2, 0.25) is 0 Å². The molecule has 102 valence electrons. The van der Waals surface area contributed by atoms with E-state index in [1.807, 2.05) is 12.1 Å². The topological polar surface area (TPSA) is 46.2 Å². The van der Waals surface area contributed by atoms with Gasteiger partial charge in [-0.05, 0) is 35.6 Å². The molecule has 0 aliphatic rings. The van der Waals surface area contributed by atoms with Gasteiger partial charge in [0.05, 0.1) is 4.90 Å². The summed E-state index contributed by atoms with van der Waals surface area (Å²) < 4.78 is 22.6. The molecular formula is C14H17NO2S2. The maximum Gasteiger partial charge on any atom is 0.175 e. The Bertz CT molecular complexity index is 601. The van der Waals surface area contributed by atoms with Crippen LogP contribution in [0.3, 0.4) is 0 Å². The molecule has 19 heavy (non-hydrogen) atoms. The average Bonchev–Trinajstić information content (AvgIpc) is 2.87. The molecule has 1 heterocycles. The predicted molar refractivity (Wildman–Crippen MR) is 79.3 cm³/mol. The Morgan fingerprint density at radius 3 is 2.47 bits per heavy atom. The van der Waals surface area contributed by atoms with Crippen LogP contribution >= 0.6 is 11.3 Å². The molecule has 0 amide bonds. The van der Waals surface area contributed by atoms with E-state index in [4.69, 9.17) is 0 Å². The molecule has 1 aromatic carbocycles. The maximum absolute atomic E-state index is 11.3. The number of hydrogen-bond acceptors (Lipinski definition) is 4. The number of thiophene rings is 1. The van der Waals surface area contributed by atoms with Gasteiger partial charge >= 0.3 is 0 Å². The first kappa shape index (κ1) is 14.2. The van der Waals surface area contributed by atoms with Crippen molar-refractivity contribution in [2.75, 3.05) is 12.8 Å². The number of nitrogens with one attached hydrogen (secondary N) is 1. The largest absolute Gasteiger partial charge is 0.312 e. The van der Waals surface area contributed by atoms with Gasteiger partial charge in [0.15, 0.2) is 9.84 Å². The van der Waals surface area contributed by atoms with Gasteiger partial charge in [-0.25, -0.2) is 8.42 Å². The molecule has 5 heteroatoms. The van der Waals surface area contributed by atoms with Crippen molar-refractivity contribution in [1.82, 2.24) is 5.32 Å². The molecule has 1 aromatic heterocycles. The third-order valence-electron chi connectivity index (χ3n) is 2.81. The van der Waals surface area contributed by atoms with Gasteiger partial charge in [0, 0.05) is 24.2 Å². The van der Waals surface area contributed by atoms with Crippen LogP contribution in [-0.2, 0) is 22.8 Å². The minimum Gasteiger partial charge on any atom is -0.312 e. The van der Waals surface area contributed by atoms with Gasteiger partial charge in [-0.15, -0.1) is 11.3 Å². The molecule has 0 saturated heterocycles. The first-order valence-electron chi connectivity index (χ1n) is 6.08. The summed E-state index contributed by atoms with van der Waals surface area (Å²) in [6, 6.07) is 11.2. The Hall–Kier alpha value is -1.17. The van der Waals surface area contributed by atoms with E-state index in [1.165, 1.54) is 11.1 Å². The molecule has 3 nitrogen and oxygen atoms in total. The minimum atomic E-state index is -3.09. The lowest BCUT2D eigenvalue weighted by Crippen LogP contribution is -2.16. The average molecular weight is 295 g/mol. The first-order chi connectivity index (χ1) is 9.05. The highest BCUT2D eigenvalue weighted by molar-refractivity contribution is 7.90. The highest BCUT2D eigenvalue weighted by Gasteiger charge is 2.05. The highest BCUT2D eigenvalue weighted by Crippen LogP contribution is 2.11. The molecule has 0 spiro atoms. The molecule has 0 aliphatic heterocycles. The minimum absolute atomic E-state index is 0.370. The van der Waals surface area contributed by atoms with Crippen molar-refractivity contribution in [3.8, 4) is 0 Å². The van der Waals surface area contributed by atoms with Gasteiger partial charge in [0.2, 0.25) is 0 Å². The molecule has 0 bridgehead atoms. The van der Waals surface area contributed by atoms with Crippen molar-refractivity contribution in [2.45, 2.75) is 17.9 Å². The maximum atomic E-state index is 11.3. The van der Waals surface area contributed by atoms with E-state index in [1.54, 1.807) is 23.5 Å². The van der Waals surface area contributed by atoms with Gasteiger partial charge in [0.1, 0.15) is 0 Å². The molecule has 0 saturated carbocycles. The van der Waals surface area contributed by atoms with Gasteiger partial charge in [0.25, 0.3) is 0 Å².